The van der Waals surface area contributed by atoms with Crippen molar-refractivity contribution < 1.29 is 9.13 Å². The van der Waals surface area contributed by atoms with Gasteiger partial charge in [-0.3, -0.25) is 0 Å². The van der Waals surface area contributed by atoms with E-state index in [1.165, 1.54) is 35.2 Å². The summed E-state index contributed by atoms with van der Waals surface area (Å²) in [7, 11) is 0. The van der Waals surface area contributed by atoms with Gasteiger partial charge >= 0.3 is 0 Å². The maximum absolute atomic E-state index is 13.1. The summed E-state index contributed by atoms with van der Waals surface area (Å²) in [6, 6.07) is 17.3. The third-order valence-corrected chi connectivity index (χ3v) is 6.76. The zero-order valence-electron chi connectivity index (χ0n) is 19.3. The van der Waals surface area contributed by atoms with E-state index in [2.05, 4.69) is 27.4 Å². The van der Waals surface area contributed by atoms with Gasteiger partial charge in [-0.1, -0.05) is 23.9 Å². The van der Waals surface area contributed by atoms with Crippen LogP contribution in [0, 0.1) is 28.5 Å². The van der Waals surface area contributed by atoms with E-state index in [4.69, 9.17) is 16.2 Å². The van der Waals surface area contributed by atoms with Gasteiger partial charge in [-0.2, -0.15) is 10.5 Å². The molecule has 4 aromatic rings. The molecule has 4 rings (SSSR count). The minimum atomic E-state index is -0.311. The molecule has 0 radical (unpaired) electrons. The smallest absolute Gasteiger partial charge is 0.187 e. The number of nitrogens with one attached hydrogen (secondary N) is 1. The van der Waals surface area contributed by atoms with Gasteiger partial charge in [0.1, 0.15) is 46.7 Å². The van der Waals surface area contributed by atoms with E-state index in [-0.39, 0.29) is 35.2 Å². The molecule has 0 aliphatic carbocycles. The average Bonchev–Trinajstić information content (AvgIpc) is 3.34. The summed E-state index contributed by atoms with van der Waals surface area (Å²) < 4.78 is 18.6. The average molecular weight is 554 g/mol. The fourth-order valence-corrected chi connectivity index (χ4v) is 5.04. The number of nitrogens with zero attached hydrogens (tertiary/aromatic N) is 4. The fourth-order valence-electron chi connectivity index (χ4n) is 3.32. The van der Waals surface area contributed by atoms with Crippen LogP contribution in [-0.4, -0.2) is 23.1 Å². The van der Waals surface area contributed by atoms with Crippen LogP contribution >= 0.6 is 35.5 Å². The van der Waals surface area contributed by atoms with Gasteiger partial charge in [0.05, 0.1) is 11.3 Å². The quantitative estimate of drug-likeness (QED) is 0.230. The first-order valence-corrected chi connectivity index (χ1v) is 12.6. The van der Waals surface area contributed by atoms with Crippen LogP contribution in [0.25, 0.3) is 11.1 Å². The molecule has 188 valence electrons. The van der Waals surface area contributed by atoms with Crippen molar-refractivity contribution in [2.24, 2.45) is 5.73 Å². The van der Waals surface area contributed by atoms with Crippen molar-refractivity contribution in [1.82, 2.24) is 9.97 Å². The summed E-state index contributed by atoms with van der Waals surface area (Å²) >= 11 is 2.72. The zero-order chi connectivity index (χ0) is 25.5. The van der Waals surface area contributed by atoms with Crippen molar-refractivity contribution in [3.8, 4) is 29.0 Å². The molecule has 0 spiro atoms. The summed E-state index contributed by atoms with van der Waals surface area (Å²) in [4.78, 5) is 8.88. The third kappa shape index (κ3) is 6.67. The number of thiazole rings is 1. The molecule has 8 nitrogen and oxygen atoms in total. The van der Waals surface area contributed by atoms with E-state index in [1.807, 2.05) is 5.38 Å². The molecular weight excluding hydrogens is 533 g/mol. The maximum Gasteiger partial charge on any atom is 0.187 e. The Kier molecular flexibility index (Phi) is 9.66. The number of ether oxygens (including phenoxy) is 1. The highest BCUT2D eigenvalue weighted by Gasteiger charge is 2.21. The summed E-state index contributed by atoms with van der Waals surface area (Å²) in [5.41, 5.74) is 14.6. The number of rotatable bonds is 9. The minimum absolute atomic E-state index is 0. The van der Waals surface area contributed by atoms with Crippen LogP contribution in [0.5, 0.6) is 5.75 Å². The van der Waals surface area contributed by atoms with E-state index in [1.54, 1.807) is 36.4 Å². The highest BCUT2D eigenvalue weighted by Crippen LogP contribution is 2.37. The Balaban J connectivity index is 0.00000380. The molecule has 0 bridgehead atoms. The van der Waals surface area contributed by atoms with E-state index < -0.39 is 0 Å². The largest absolute Gasteiger partial charge is 0.492 e. The topological polar surface area (TPSA) is 147 Å². The first kappa shape index (κ1) is 27.7. The molecule has 5 N–H and O–H groups in total. The second kappa shape index (κ2) is 12.9. The van der Waals surface area contributed by atoms with Crippen molar-refractivity contribution in [2.45, 2.75) is 10.8 Å². The molecule has 0 fully saturated rings. The van der Waals surface area contributed by atoms with Gasteiger partial charge in [-0.05, 0) is 42.0 Å². The summed E-state index contributed by atoms with van der Waals surface area (Å²) in [6.07, 6.45) is 0. The molecule has 37 heavy (non-hydrogen) atoms. The second-order valence-corrected chi connectivity index (χ2v) is 9.20. The van der Waals surface area contributed by atoms with E-state index in [0.717, 1.165) is 11.4 Å². The maximum atomic E-state index is 13.1. The molecule has 0 saturated heterocycles. The SMILES string of the molecule is Cl.N#Cc1c(N)nc(SCc2csc(Nc3ccc(F)cc3)n2)c(C#N)c1-c1ccc(OCCN)cc1. The molecule has 0 aliphatic rings. The zero-order valence-corrected chi connectivity index (χ0v) is 21.7. The van der Waals surface area contributed by atoms with Gasteiger partial charge in [0.15, 0.2) is 5.13 Å². The van der Waals surface area contributed by atoms with Gasteiger partial charge in [-0.25, -0.2) is 14.4 Å². The molecule has 0 atom stereocenters. The first-order chi connectivity index (χ1) is 17.5. The van der Waals surface area contributed by atoms with Crippen molar-refractivity contribution in [1.29, 1.82) is 10.5 Å². The lowest BCUT2D eigenvalue weighted by atomic mass is 9.97. The molecule has 2 aromatic heterocycles. The predicted molar refractivity (Wildman–Crippen MR) is 147 cm³/mol. The van der Waals surface area contributed by atoms with E-state index in [9.17, 15) is 14.9 Å². The number of nitriles is 2. The summed E-state index contributed by atoms with van der Waals surface area (Å²) in [6.45, 7) is 0.774. The lowest BCUT2D eigenvalue weighted by Gasteiger charge is -2.13. The van der Waals surface area contributed by atoms with Gasteiger partial charge in [0, 0.05) is 28.9 Å². The normalized spacial score (nSPS) is 10.2. The number of hydrogen-bond donors (Lipinski definition) is 3. The number of anilines is 3. The molecule has 0 aliphatic heterocycles. The lowest BCUT2D eigenvalue weighted by Crippen LogP contribution is -2.10. The van der Waals surface area contributed by atoms with Crippen molar-refractivity contribution >= 4 is 52.1 Å². The molecule has 0 amide bonds. The monoisotopic (exact) mass is 553 g/mol. The molecule has 2 aromatic carbocycles. The molecule has 12 heteroatoms. The van der Waals surface area contributed by atoms with Gasteiger partial charge in [-0.15, -0.1) is 23.7 Å². The number of aromatic nitrogens is 2. The Morgan fingerprint density at radius 2 is 1.73 bits per heavy atom. The Labute approximate surface area is 227 Å². The predicted octanol–water partition coefficient (Wildman–Crippen LogP) is 5.46. The van der Waals surface area contributed by atoms with Crippen LogP contribution in [0.4, 0.5) is 21.0 Å². The van der Waals surface area contributed by atoms with Crippen LogP contribution < -0.4 is 21.5 Å². The van der Waals surface area contributed by atoms with Gasteiger partial charge in [0.25, 0.3) is 0 Å². The van der Waals surface area contributed by atoms with Crippen LogP contribution in [0.15, 0.2) is 58.9 Å². The standard InChI is InChI=1S/C25H20FN7OS2.ClH/c26-16-3-5-17(6-4-16)31-25-32-18(14-36-25)13-35-24-21(12-29)22(20(11-28)23(30)33-24)15-1-7-19(8-2-15)34-10-9-27;/h1-8,14H,9-10,13,27H2,(H2,30,33)(H,31,32);1H. The number of thioether (sulfide) groups is 1. The number of pyridine rings is 1. The Hall–Kier alpha value is -3.87. The van der Waals surface area contributed by atoms with Gasteiger partial charge < -0.3 is 21.5 Å². The van der Waals surface area contributed by atoms with Crippen molar-refractivity contribution in [2.75, 3.05) is 24.2 Å². The lowest BCUT2D eigenvalue weighted by molar-refractivity contribution is 0.328. The molecule has 0 saturated carbocycles. The number of nitrogen functional groups attached to an aromatic ring is 1. The highest BCUT2D eigenvalue weighted by atomic mass is 35.5. The molecule has 0 unspecified atom stereocenters. The van der Waals surface area contributed by atoms with Crippen LogP contribution in [0.2, 0.25) is 0 Å². The van der Waals surface area contributed by atoms with Crippen LogP contribution in [-0.2, 0) is 5.75 Å². The van der Waals surface area contributed by atoms with Crippen LogP contribution in [0.3, 0.4) is 0 Å². The number of halogens is 2. The number of nitrogens with two attached hydrogens (primary N) is 2. The van der Waals surface area contributed by atoms with E-state index in [0.29, 0.717) is 45.9 Å². The second-order valence-electron chi connectivity index (χ2n) is 7.38. The van der Waals surface area contributed by atoms with Gasteiger partial charge in [0.2, 0.25) is 0 Å². The first-order valence-electron chi connectivity index (χ1n) is 10.7. The number of benzene rings is 2. The Morgan fingerprint density at radius 3 is 2.38 bits per heavy atom. The molecule has 2 heterocycles. The van der Waals surface area contributed by atoms with Crippen molar-refractivity contribution in [3.63, 3.8) is 0 Å². The Bertz CT molecular complexity index is 1450. The highest BCUT2D eigenvalue weighted by molar-refractivity contribution is 7.98. The van der Waals surface area contributed by atoms with Crippen molar-refractivity contribution in [3.05, 3.63) is 76.5 Å². The van der Waals surface area contributed by atoms with E-state index >= 15 is 0 Å². The summed E-state index contributed by atoms with van der Waals surface area (Å²) in [5, 5.41) is 25.8. The molecular formula is C25H21ClFN7OS2. The summed E-state index contributed by atoms with van der Waals surface area (Å²) in [5.74, 6) is 0.801. The minimum Gasteiger partial charge on any atom is -0.492 e. The third-order valence-electron chi connectivity index (χ3n) is 4.95. The fraction of sp³-hybridized carbons (Fsp3) is 0.120. The number of hydrogen-bond acceptors (Lipinski definition) is 10. The Morgan fingerprint density at radius 1 is 1.03 bits per heavy atom. The van der Waals surface area contributed by atoms with Crippen LogP contribution in [0.1, 0.15) is 16.8 Å².